The molecule has 1 aromatic rings. The Morgan fingerprint density at radius 3 is 2.43 bits per heavy atom. The van der Waals surface area contributed by atoms with Gasteiger partial charge >= 0.3 is 5.97 Å². The maximum absolute atomic E-state index is 12.2. The van der Waals surface area contributed by atoms with Gasteiger partial charge in [-0.2, -0.15) is 0 Å². The van der Waals surface area contributed by atoms with Gasteiger partial charge in [-0.3, -0.25) is 4.79 Å². The predicted octanol–water partition coefficient (Wildman–Crippen LogP) is 4.16. The summed E-state index contributed by atoms with van der Waals surface area (Å²) in [6, 6.07) is 3.22. The smallest absolute Gasteiger partial charge is 0.344 e. The van der Waals surface area contributed by atoms with E-state index in [1.54, 1.807) is 32.1 Å². The van der Waals surface area contributed by atoms with E-state index in [-0.39, 0.29) is 29.4 Å². The number of rotatable bonds is 6. The lowest BCUT2D eigenvalue weighted by molar-refractivity contribution is -0.138. The normalized spacial score (nSPS) is 16.6. The largest absolute Gasteiger partial charge is 0.506 e. The number of hydrogen-bond acceptors (Lipinski definition) is 7. The average molecular weight is 426 g/mol. The molecule has 9 heteroatoms. The third-order valence-electron chi connectivity index (χ3n) is 3.69. The molecule has 2 rings (SSSR count). The second kappa shape index (κ2) is 9.66. The van der Waals surface area contributed by atoms with Gasteiger partial charge < -0.3 is 19.3 Å². The fraction of sp³-hybridized carbons (Fsp3) is 0.316. The number of benzene rings is 1. The van der Waals surface area contributed by atoms with Crippen molar-refractivity contribution < 1.29 is 28.9 Å². The van der Waals surface area contributed by atoms with E-state index in [0.29, 0.717) is 27.0 Å². The van der Waals surface area contributed by atoms with Crippen LogP contribution in [0.4, 0.5) is 0 Å². The molecular weight excluding hydrogens is 406 g/mol. The summed E-state index contributed by atoms with van der Waals surface area (Å²) in [7, 11) is 2.98. The number of hydrogen-bond donors (Lipinski definition) is 1. The van der Waals surface area contributed by atoms with E-state index in [4.69, 9.17) is 25.8 Å². The molecule has 150 valence electrons. The number of carbonyl (C=O) groups is 2. The third-order valence-corrected chi connectivity index (χ3v) is 5.04. The highest BCUT2D eigenvalue weighted by Gasteiger charge is 2.33. The fourth-order valence-corrected chi connectivity index (χ4v) is 3.54. The number of carbonyl (C=O) groups excluding carboxylic acids is 2. The van der Waals surface area contributed by atoms with Crippen molar-refractivity contribution in [3.8, 4) is 11.5 Å². The Hall–Kier alpha value is -2.45. The van der Waals surface area contributed by atoms with Crippen LogP contribution < -0.4 is 9.47 Å². The van der Waals surface area contributed by atoms with Crippen molar-refractivity contribution in [2.24, 2.45) is 4.99 Å². The van der Waals surface area contributed by atoms with Crippen LogP contribution in [0, 0.1) is 0 Å². The van der Waals surface area contributed by atoms with Crippen LogP contribution in [-0.4, -0.2) is 42.9 Å². The van der Waals surface area contributed by atoms with E-state index >= 15 is 0 Å². The van der Waals surface area contributed by atoms with E-state index in [1.165, 1.54) is 14.2 Å². The number of thioether (sulfide) groups is 1. The van der Waals surface area contributed by atoms with Crippen molar-refractivity contribution >= 4 is 46.4 Å². The molecule has 0 aliphatic carbocycles. The molecule has 1 aromatic carbocycles. The number of amides is 1. The molecule has 0 fully saturated rings. The number of aliphatic hydroxyl groups is 1. The fourth-order valence-electron chi connectivity index (χ4n) is 2.31. The molecule has 1 N–H and O–H groups in total. The van der Waals surface area contributed by atoms with E-state index in [9.17, 15) is 14.7 Å². The predicted molar refractivity (Wildman–Crippen MR) is 109 cm³/mol. The van der Waals surface area contributed by atoms with E-state index < -0.39 is 11.9 Å². The first-order valence-corrected chi connectivity index (χ1v) is 9.59. The van der Waals surface area contributed by atoms with E-state index in [1.807, 2.05) is 0 Å². The number of halogens is 1. The molecule has 28 heavy (non-hydrogen) atoms. The summed E-state index contributed by atoms with van der Waals surface area (Å²) in [6.45, 7) is 3.42. The van der Waals surface area contributed by atoms with E-state index in [2.05, 4.69) is 4.99 Å². The molecule has 0 atom stereocenters. The van der Waals surface area contributed by atoms with Gasteiger partial charge in [-0.1, -0.05) is 30.3 Å². The van der Waals surface area contributed by atoms with Crippen molar-refractivity contribution in [3.05, 3.63) is 39.0 Å². The summed E-state index contributed by atoms with van der Waals surface area (Å²) >= 11 is 7.28. The molecule has 1 amide bonds. The number of aliphatic imine (C=N–C) groups is 1. The van der Waals surface area contributed by atoms with Gasteiger partial charge in [-0.05, 0) is 24.6 Å². The summed E-state index contributed by atoms with van der Waals surface area (Å²) in [5.74, 6) is -0.584. The van der Waals surface area contributed by atoms with Crippen LogP contribution in [0.15, 0.2) is 33.4 Å². The van der Waals surface area contributed by atoms with Crippen molar-refractivity contribution in [1.29, 1.82) is 0 Å². The summed E-state index contributed by atoms with van der Waals surface area (Å²) in [4.78, 5) is 28.2. The Bertz CT molecular complexity index is 891. The maximum atomic E-state index is 12.2. The highest BCUT2D eigenvalue weighted by atomic mass is 35.5. The first-order chi connectivity index (χ1) is 13.4. The summed E-state index contributed by atoms with van der Waals surface area (Å²) in [6.07, 6.45) is 1.74. The van der Waals surface area contributed by atoms with Gasteiger partial charge in [-0.25, -0.2) is 9.79 Å². The Labute approximate surface area is 172 Å². The van der Waals surface area contributed by atoms with Crippen molar-refractivity contribution in [2.45, 2.75) is 20.3 Å². The Morgan fingerprint density at radius 1 is 1.21 bits per heavy atom. The van der Waals surface area contributed by atoms with Crippen LogP contribution in [0.1, 0.15) is 25.8 Å². The number of methoxy groups -OCH3 is 2. The number of esters is 1. The van der Waals surface area contributed by atoms with Crippen LogP contribution in [-0.2, 0) is 14.3 Å². The summed E-state index contributed by atoms with van der Waals surface area (Å²) < 4.78 is 15.4. The Balaban J connectivity index is 2.55. The van der Waals surface area contributed by atoms with Gasteiger partial charge in [-0.15, -0.1) is 0 Å². The zero-order chi connectivity index (χ0) is 20.8. The standard InChI is InChI=1S/C19H20ClNO6S/c1-5-15(22)21-18-16(19(24)27-6-2)17(23)14(28-18)8-10-7-12(25-3)13(26-4)9-11(10)20/h7-9,23H,5-6H2,1-4H3/b14-8-,21-18?. The van der Waals surface area contributed by atoms with Gasteiger partial charge in [0.25, 0.3) is 0 Å². The van der Waals surface area contributed by atoms with Gasteiger partial charge in [0, 0.05) is 12.5 Å². The van der Waals surface area contributed by atoms with Crippen LogP contribution >= 0.6 is 23.4 Å². The SMILES string of the molecule is CCOC(=O)C1=C(O)/C(=C/c2cc(OC)c(OC)cc2Cl)SC1=NC(=O)CC. The van der Waals surface area contributed by atoms with Gasteiger partial charge in [0.15, 0.2) is 11.5 Å². The van der Waals surface area contributed by atoms with Crippen LogP contribution in [0.2, 0.25) is 5.02 Å². The molecule has 0 radical (unpaired) electrons. The average Bonchev–Trinajstić information content (AvgIpc) is 2.97. The minimum Gasteiger partial charge on any atom is -0.506 e. The third kappa shape index (κ3) is 4.69. The van der Waals surface area contributed by atoms with Crippen molar-refractivity contribution in [2.75, 3.05) is 20.8 Å². The quantitative estimate of drug-likeness (QED) is 0.684. The van der Waals surface area contributed by atoms with Crippen LogP contribution in [0.5, 0.6) is 11.5 Å². The minimum absolute atomic E-state index is 0.0886. The summed E-state index contributed by atoms with van der Waals surface area (Å²) in [5, 5.41) is 11.0. The number of nitrogens with zero attached hydrogens (tertiary/aromatic N) is 1. The number of aliphatic hydroxyl groups excluding tert-OH is 1. The second-order valence-electron chi connectivity index (χ2n) is 5.45. The van der Waals surface area contributed by atoms with Crippen molar-refractivity contribution in [3.63, 3.8) is 0 Å². The zero-order valence-corrected chi connectivity index (χ0v) is 17.4. The topological polar surface area (TPSA) is 94.4 Å². The molecule has 0 saturated carbocycles. The van der Waals surface area contributed by atoms with Crippen LogP contribution in [0.3, 0.4) is 0 Å². The molecule has 0 aromatic heterocycles. The summed E-state index contributed by atoms with van der Waals surface area (Å²) in [5.41, 5.74) is 0.385. The van der Waals surface area contributed by atoms with Gasteiger partial charge in [0.1, 0.15) is 16.4 Å². The zero-order valence-electron chi connectivity index (χ0n) is 15.9. The molecular formula is C19H20ClNO6S. The molecule has 0 unspecified atom stereocenters. The Morgan fingerprint density at radius 2 is 1.86 bits per heavy atom. The van der Waals surface area contributed by atoms with Gasteiger partial charge in [0.05, 0.1) is 30.8 Å². The first kappa shape index (κ1) is 21.8. The number of ether oxygens (including phenoxy) is 3. The minimum atomic E-state index is -0.753. The Kier molecular flexibility index (Phi) is 7.53. The van der Waals surface area contributed by atoms with Gasteiger partial charge in [0.2, 0.25) is 5.91 Å². The second-order valence-corrected chi connectivity index (χ2v) is 6.89. The highest BCUT2D eigenvalue weighted by molar-refractivity contribution is 8.18. The molecule has 1 heterocycles. The molecule has 0 spiro atoms. The molecule has 1 aliphatic rings. The molecule has 7 nitrogen and oxygen atoms in total. The highest BCUT2D eigenvalue weighted by Crippen LogP contribution is 2.41. The maximum Gasteiger partial charge on any atom is 0.344 e. The lowest BCUT2D eigenvalue weighted by atomic mass is 10.1. The monoisotopic (exact) mass is 425 g/mol. The van der Waals surface area contributed by atoms with Crippen LogP contribution in [0.25, 0.3) is 6.08 Å². The first-order valence-electron chi connectivity index (χ1n) is 8.39. The van der Waals surface area contributed by atoms with Crippen molar-refractivity contribution in [1.82, 2.24) is 0 Å². The molecule has 1 aliphatic heterocycles. The molecule has 0 saturated heterocycles. The van der Waals surface area contributed by atoms with E-state index in [0.717, 1.165) is 11.8 Å². The lowest BCUT2D eigenvalue weighted by Gasteiger charge is -2.10. The molecule has 0 bridgehead atoms. The lowest BCUT2D eigenvalue weighted by Crippen LogP contribution is -2.14.